The van der Waals surface area contributed by atoms with E-state index >= 15 is 0 Å². The van der Waals surface area contributed by atoms with Gasteiger partial charge in [-0.1, -0.05) is 30.3 Å². The summed E-state index contributed by atoms with van der Waals surface area (Å²) < 4.78 is 22.6. The third-order valence-electron chi connectivity index (χ3n) is 5.72. The lowest BCUT2D eigenvalue weighted by Gasteiger charge is -2.37. The highest BCUT2D eigenvalue weighted by atomic mass is 16.9. The van der Waals surface area contributed by atoms with Gasteiger partial charge < -0.3 is 24.3 Å². The fourth-order valence-electron chi connectivity index (χ4n) is 3.83. The Bertz CT molecular complexity index is 1180. The minimum atomic E-state index is -0.835. The van der Waals surface area contributed by atoms with Gasteiger partial charge in [-0.05, 0) is 73.9 Å². The van der Waals surface area contributed by atoms with E-state index < -0.39 is 46.4 Å². The summed E-state index contributed by atoms with van der Waals surface area (Å²) in [6.07, 6.45) is -2.62. The Kier molecular flexibility index (Phi) is 9.10. The fourth-order valence-corrected chi connectivity index (χ4v) is 3.83. The molecule has 40 heavy (non-hydrogen) atoms. The minimum Gasteiger partial charge on any atom is -0.443 e. The van der Waals surface area contributed by atoms with Gasteiger partial charge >= 0.3 is 12.2 Å². The zero-order valence-corrected chi connectivity index (χ0v) is 24.3. The molecule has 1 fully saturated rings. The molecule has 2 aromatic carbocycles. The van der Waals surface area contributed by atoms with Gasteiger partial charge in [-0.25, -0.2) is 14.5 Å². The van der Waals surface area contributed by atoms with Gasteiger partial charge in [0.05, 0.1) is 4.92 Å². The Morgan fingerprint density at radius 2 is 1.40 bits per heavy atom. The third kappa shape index (κ3) is 8.65. The summed E-state index contributed by atoms with van der Waals surface area (Å²) in [4.78, 5) is 37.9. The maximum Gasteiger partial charge on any atom is 0.419 e. The van der Waals surface area contributed by atoms with E-state index in [-0.39, 0.29) is 24.3 Å². The molecule has 0 radical (unpaired) electrons. The molecular weight excluding hydrogens is 518 g/mol. The quantitative estimate of drug-likeness (QED) is 0.267. The SMILES string of the molecule is CC(C)(CCN(C(=O)OC(C)(C)C)C(=O)OC(C)(C)C)Nc1cc(C2OC(c3ccccc3)O2)ccc1[N+](=O)[O-]. The van der Waals surface area contributed by atoms with Crippen LogP contribution in [0.25, 0.3) is 0 Å². The summed E-state index contributed by atoms with van der Waals surface area (Å²) in [5.74, 6) is 0. The van der Waals surface area contributed by atoms with Crippen LogP contribution in [-0.2, 0) is 18.9 Å². The van der Waals surface area contributed by atoms with Gasteiger partial charge in [0.2, 0.25) is 0 Å². The number of nitrogens with one attached hydrogen (secondary N) is 1. The monoisotopic (exact) mass is 557 g/mol. The first-order valence-corrected chi connectivity index (χ1v) is 13.1. The average Bonchev–Trinajstić information content (AvgIpc) is 2.76. The molecule has 1 aliphatic heterocycles. The number of amides is 2. The molecule has 0 atom stereocenters. The van der Waals surface area contributed by atoms with Crippen molar-refractivity contribution in [3.63, 3.8) is 0 Å². The molecule has 0 bridgehead atoms. The zero-order valence-electron chi connectivity index (χ0n) is 24.3. The molecule has 11 heteroatoms. The number of carbonyl (C=O) groups excluding carboxylic acids is 2. The molecule has 0 saturated carbocycles. The van der Waals surface area contributed by atoms with Crippen molar-refractivity contribution < 1.29 is 33.5 Å². The summed E-state index contributed by atoms with van der Waals surface area (Å²) in [6.45, 7) is 13.8. The van der Waals surface area contributed by atoms with Crippen LogP contribution in [0.2, 0.25) is 0 Å². The molecular formula is C29H39N3O8. The van der Waals surface area contributed by atoms with Crippen molar-refractivity contribution in [1.29, 1.82) is 0 Å². The van der Waals surface area contributed by atoms with Gasteiger partial charge in [0.25, 0.3) is 5.69 Å². The Morgan fingerprint density at radius 1 is 0.875 bits per heavy atom. The highest BCUT2D eigenvalue weighted by molar-refractivity contribution is 5.88. The van der Waals surface area contributed by atoms with E-state index in [9.17, 15) is 19.7 Å². The zero-order chi connectivity index (χ0) is 29.9. The molecule has 1 aliphatic rings. The highest BCUT2D eigenvalue weighted by Crippen LogP contribution is 2.43. The van der Waals surface area contributed by atoms with Gasteiger partial charge in [0, 0.05) is 29.3 Å². The van der Waals surface area contributed by atoms with E-state index in [1.165, 1.54) is 6.07 Å². The molecule has 2 amide bonds. The number of imide groups is 1. The second-order valence-electron chi connectivity index (χ2n) is 12.3. The lowest BCUT2D eigenvalue weighted by molar-refractivity contribution is -0.397. The van der Waals surface area contributed by atoms with Gasteiger partial charge in [-0.2, -0.15) is 0 Å². The molecule has 218 valence electrons. The predicted molar refractivity (Wildman–Crippen MR) is 149 cm³/mol. The van der Waals surface area contributed by atoms with Crippen molar-refractivity contribution >= 4 is 23.6 Å². The Hall–Kier alpha value is -3.70. The van der Waals surface area contributed by atoms with Crippen molar-refractivity contribution in [2.45, 2.75) is 91.1 Å². The molecule has 1 saturated heterocycles. The molecule has 11 nitrogen and oxygen atoms in total. The van der Waals surface area contributed by atoms with Crippen molar-refractivity contribution in [2.75, 3.05) is 11.9 Å². The lowest BCUT2D eigenvalue weighted by atomic mass is 9.99. The molecule has 0 spiro atoms. The molecule has 0 unspecified atom stereocenters. The number of nitrogens with zero attached hydrogens (tertiary/aromatic N) is 2. The normalized spacial score (nSPS) is 17.4. The number of anilines is 1. The van der Waals surface area contributed by atoms with Crippen molar-refractivity contribution in [2.24, 2.45) is 0 Å². The van der Waals surface area contributed by atoms with Crippen LogP contribution in [-0.4, -0.2) is 45.3 Å². The topological polar surface area (TPSA) is 129 Å². The van der Waals surface area contributed by atoms with Crippen LogP contribution in [0.5, 0.6) is 0 Å². The average molecular weight is 558 g/mol. The predicted octanol–water partition coefficient (Wildman–Crippen LogP) is 7.09. The van der Waals surface area contributed by atoms with E-state index in [0.717, 1.165) is 10.5 Å². The van der Waals surface area contributed by atoms with E-state index in [2.05, 4.69) is 5.32 Å². The number of ether oxygens (including phenoxy) is 4. The Morgan fingerprint density at radius 3 is 1.90 bits per heavy atom. The van der Waals surface area contributed by atoms with Crippen LogP contribution >= 0.6 is 0 Å². The summed E-state index contributed by atoms with van der Waals surface area (Å²) in [5.41, 5.74) is -0.829. The van der Waals surface area contributed by atoms with E-state index in [0.29, 0.717) is 5.56 Å². The van der Waals surface area contributed by atoms with Gasteiger partial charge in [-0.3, -0.25) is 10.1 Å². The molecule has 0 aliphatic carbocycles. The number of nitro benzene ring substituents is 1. The first-order valence-electron chi connectivity index (χ1n) is 13.1. The first-order chi connectivity index (χ1) is 18.4. The number of nitro groups is 1. The summed E-state index contributed by atoms with van der Waals surface area (Å²) in [7, 11) is 0. The fraction of sp³-hybridized carbons (Fsp3) is 0.517. The summed E-state index contributed by atoms with van der Waals surface area (Å²) in [6, 6.07) is 14.1. The van der Waals surface area contributed by atoms with E-state index in [1.807, 2.05) is 44.2 Å². The number of hydrogen-bond donors (Lipinski definition) is 1. The Labute approximate surface area is 234 Å². The summed E-state index contributed by atoms with van der Waals surface area (Å²) in [5, 5.41) is 15.0. The minimum absolute atomic E-state index is 0.0507. The largest absolute Gasteiger partial charge is 0.443 e. The highest BCUT2D eigenvalue weighted by Gasteiger charge is 2.36. The number of rotatable bonds is 8. The van der Waals surface area contributed by atoms with Gasteiger partial charge in [0.15, 0.2) is 12.6 Å². The second kappa shape index (κ2) is 11.8. The second-order valence-corrected chi connectivity index (χ2v) is 12.3. The smallest absolute Gasteiger partial charge is 0.419 e. The first kappa shape index (κ1) is 30.8. The molecule has 1 N–H and O–H groups in total. The van der Waals surface area contributed by atoms with E-state index in [4.69, 9.17) is 18.9 Å². The van der Waals surface area contributed by atoms with E-state index in [1.54, 1.807) is 53.7 Å². The maximum absolute atomic E-state index is 12.9. The van der Waals surface area contributed by atoms with Crippen LogP contribution in [0.3, 0.4) is 0 Å². The van der Waals surface area contributed by atoms with Crippen LogP contribution in [0.1, 0.15) is 85.5 Å². The number of hydrogen-bond acceptors (Lipinski definition) is 9. The third-order valence-corrected chi connectivity index (χ3v) is 5.72. The van der Waals surface area contributed by atoms with Gasteiger partial charge in [-0.15, -0.1) is 0 Å². The van der Waals surface area contributed by atoms with Gasteiger partial charge in [0.1, 0.15) is 16.9 Å². The van der Waals surface area contributed by atoms with Crippen LogP contribution in [0.15, 0.2) is 48.5 Å². The molecule has 3 rings (SSSR count). The maximum atomic E-state index is 12.9. The van der Waals surface area contributed by atoms with Crippen molar-refractivity contribution in [1.82, 2.24) is 4.90 Å². The molecule has 2 aromatic rings. The van der Waals surface area contributed by atoms with Crippen molar-refractivity contribution in [3.05, 3.63) is 69.8 Å². The number of benzene rings is 2. The Balaban J connectivity index is 1.75. The summed E-state index contributed by atoms with van der Waals surface area (Å²) >= 11 is 0. The number of carbonyl (C=O) groups is 2. The van der Waals surface area contributed by atoms with Crippen LogP contribution < -0.4 is 5.32 Å². The van der Waals surface area contributed by atoms with Crippen LogP contribution in [0, 0.1) is 10.1 Å². The molecule has 1 heterocycles. The van der Waals surface area contributed by atoms with Crippen LogP contribution in [0.4, 0.5) is 21.0 Å². The lowest BCUT2D eigenvalue weighted by Crippen LogP contribution is -2.46. The molecule has 0 aromatic heterocycles. The standard InChI is InChI=1S/C29H39N3O8/c1-27(2,3)39-25(33)31(26(34)40-28(4,5)6)17-16-29(7,8)30-21-18-20(14-15-22(21)32(35)36)24-37-23(38-24)19-12-10-9-11-13-19/h9-15,18,23-24,30H,16-17H2,1-8H3. The van der Waals surface area contributed by atoms with Crippen molar-refractivity contribution in [3.8, 4) is 0 Å².